The van der Waals surface area contributed by atoms with Gasteiger partial charge in [0, 0.05) is 22.3 Å². The topological polar surface area (TPSA) is 0 Å². The Hall–Kier alpha value is -1.98. The van der Waals surface area contributed by atoms with Crippen molar-refractivity contribution < 1.29 is 4.48 Å². The van der Waals surface area contributed by atoms with Gasteiger partial charge >= 0.3 is 0 Å². The maximum atomic E-state index is 6.73. The van der Waals surface area contributed by atoms with Gasteiger partial charge in [0.2, 0.25) is 0 Å². The third kappa shape index (κ3) is 6.93. The minimum atomic E-state index is 0. The fourth-order valence-electron chi connectivity index (χ4n) is 7.76. The summed E-state index contributed by atoms with van der Waals surface area (Å²) in [6.45, 7) is 8.39. The molecule has 0 atom stereocenters. The monoisotopic (exact) mass is 844 g/mol. The van der Waals surface area contributed by atoms with Gasteiger partial charge in [0.1, 0.15) is 13.1 Å². The van der Waals surface area contributed by atoms with E-state index in [1.54, 1.807) is 0 Å². The molecular weight excluding hydrogens is 811 g/mol. The van der Waals surface area contributed by atoms with E-state index < -0.39 is 0 Å². The average molecular weight is 848 g/mol. The molecular formula is C42H37BrCl6N+. The van der Waals surface area contributed by atoms with E-state index in [0.717, 1.165) is 89.4 Å². The number of fused-ring (bicyclic) bond motifs is 7. The lowest BCUT2D eigenvalue weighted by molar-refractivity contribution is -0.953. The average Bonchev–Trinajstić information content (AvgIpc) is 3.25. The van der Waals surface area contributed by atoms with Crippen LogP contribution in [-0.2, 0) is 13.1 Å². The van der Waals surface area contributed by atoms with Crippen molar-refractivity contribution in [1.82, 2.24) is 0 Å². The van der Waals surface area contributed by atoms with Gasteiger partial charge in [0.25, 0.3) is 0 Å². The highest BCUT2D eigenvalue weighted by atomic mass is 79.9. The molecule has 0 saturated heterocycles. The van der Waals surface area contributed by atoms with Crippen LogP contribution in [-0.4, -0.2) is 17.6 Å². The van der Waals surface area contributed by atoms with Gasteiger partial charge in [-0.1, -0.05) is 145 Å². The van der Waals surface area contributed by atoms with Crippen LogP contribution in [0.3, 0.4) is 0 Å². The molecule has 0 N–H and O–H groups in total. The number of benzene rings is 6. The second-order valence-corrected chi connectivity index (χ2v) is 15.7. The zero-order chi connectivity index (χ0) is 34.4. The van der Waals surface area contributed by atoms with E-state index in [1.165, 1.54) is 33.0 Å². The zero-order valence-corrected chi connectivity index (χ0v) is 34.1. The SMILES string of the molecule is Br.CCCC[N+]1(CCCC)Cc2c(-c3cc(Cl)c(Cl)c(Cl)c3)cc3ccccc3c2-c2c(c(-c3cc(Cl)c(Cl)c(Cl)c3)cc3ccccc23)C1. The van der Waals surface area contributed by atoms with Crippen LogP contribution in [0.5, 0.6) is 0 Å². The largest absolute Gasteiger partial charge is 0.316 e. The highest BCUT2D eigenvalue weighted by Crippen LogP contribution is 2.51. The number of halogens is 7. The zero-order valence-electron chi connectivity index (χ0n) is 27.9. The van der Waals surface area contributed by atoms with Gasteiger partial charge in [-0.25, -0.2) is 0 Å². The van der Waals surface area contributed by atoms with Crippen LogP contribution in [0.2, 0.25) is 30.1 Å². The van der Waals surface area contributed by atoms with Crippen molar-refractivity contribution in [3.05, 3.63) is 126 Å². The quantitative estimate of drug-likeness (QED) is 0.106. The first kappa shape index (κ1) is 37.8. The maximum Gasteiger partial charge on any atom is 0.106 e. The standard InChI is InChI=1S/C42H36Cl6N.BrH/c1-3-5-15-49(16-6-4-2)23-33-31(27-19-35(43)41(47)36(44)20-27)17-25-11-7-9-13-29(25)39(33)40-30-14-10-8-12-26(30)18-32(34(40)24-49)28-21-37(45)42(48)38(46)22-28;/h7-14,17-22H,3-6,15-16,23-24H2,1-2H3;1H/q+1;. The molecule has 1 heterocycles. The van der Waals surface area contributed by atoms with E-state index in [-0.39, 0.29) is 17.0 Å². The molecule has 0 aliphatic carbocycles. The smallest absolute Gasteiger partial charge is 0.106 e. The molecule has 7 rings (SSSR count). The molecule has 0 radical (unpaired) electrons. The van der Waals surface area contributed by atoms with Crippen molar-refractivity contribution in [2.75, 3.05) is 13.1 Å². The predicted octanol–water partition coefficient (Wildman–Crippen LogP) is 15.9. The Morgan fingerprint density at radius 1 is 0.520 bits per heavy atom. The number of nitrogens with zero attached hydrogens (tertiary/aromatic N) is 1. The Morgan fingerprint density at radius 2 is 0.880 bits per heavy atom. The minimum absolute atomic E-state index is 0. The molecule has 6 aromatic rings. The molecule has 1 nitrogen and oxygen atoms in total. The highest BCUT2D eigenvalue weighted by Gasteiger charge is 2.37. The number of hydrogen-bond acceptors (Lipinski definition) is 0. The Bertz CT molecular complexity index is 2040. The fourth-order valence-corrected chi connectivity index (χ4v) is 8.95. The van der Waals surface area contributed by atoms with Crippen LogP contribution < -0.4 is 0 Å². The van der Waals surface area contributed by atoms with Gasteiger partial charge in [-0.15, -0.1) is 17.0 Å². The van der Waals surface area contributed by atoms with E-state index >= 15 is 0 Å². The number of hydrogen-bond donors (Lipinski definition) is 0. The van der Waals surface area contributed by atoms with E-state index in [4.69, 9.17) is 69.6 Å². The normalized spacial score (nSPS) is 13.5. The summed E-state index contributed by atoms with van der Waals surface area (Å²) < 4.78 is 0.919. The number of rotatable bonds is 8. The Labute approximate surface area is 335 Å². The van der Waals surface area contributed by atoms with Gasteiger partial charge in [-0.2, -0.15) is 0 Å². The second-order valence-electron chi connectivity index (χ2n) is 13.3. The fraction of sp³-hybridized carbons (Fsp3) is 0.238. The third-order valence-electron chi connectivity index (χ3n) is 10.1. The van der Waals surface area contributed by atoms with E-state index in [1.807, 2.05) is 24.3 Å². The van der Waals surface area contributed by atoms with E-state index in [2.05, 4.69) is 74.5 Å². The van der Waals surface area contributed by atoms with Crippen LogP contribution in [0, 0.1) is 0 Å². The lowest BCUT2D eigenvalue weighted by Crippen LogP contribution is -2.47. The first-order valence-corrected chi connectivity index (χ1v) is 19.2. The van der Waals surface area contributed by atoms with Gasteiger partial charge in [-0.3, -0.25) is 0 Å². The van der Waals surface area contributed by atoms with Crippen LogP contribution in [0.1, 0.15) is 50.7 Å². The summed E-state index contributed by atoms with van der Waals surface area (Å²) in [6.07, 6.45) is 4.48. The molecule has 8 heteroatoms. The molecule has 0 saturated carbocycles. The van der Waals surface area contributed by atoms with Crippen LogP contribution >= 0.6 is 86.6 Å². The van der Waals surface area contributed by atoms with E-state index in [0.29, 0.717) is 30.1 Å². The Morgan fingerprint density at radius 3 is 1.24 bits per heavy atom. The Balaban J connectivity index is 0.00000432. The molecule has 0 amide bonds. The molecule has 50 heavy (non-hydrogen) atoms. The van der Waals surface area contributed by atoms with E-state index in [9.17, 15) is 0 Å². The molecule has 0 bridgehead atoms. The lowest BCUT2D eigenvalue weighted by Gasteiger charge is -2.39. The van der Waals surface area contributed by atoms with Crippen molar-refractivity contribution >= 4 is 108 Å². The summed E-state index contributed by atoms with van der Waals surface area (Å²) in [5, 5.41) is 7.26. The summed E-state index contributed by atoms with van der Waals surface area (Å²) >= 11 is 39.9. The van der Waals surface area contributed by atoms with Crippen molar-refractivity contribution in [3.8, 4) is 33.4 Å². The molecule has 1 aliphatic rings. The van der Waals surface area contributed by atoms with Gasteiger partial charge < -0.3 is 4.48 Å². The van der Waals surface area contributed by atoms with Crippen LogP contribution in [0.15, 0.2) is 84.9 Å². The van der Waals surface area contributed by atoms with Crippen molar-refractivity contribution in [2.24, 2.45) is 0 Å². The molecule has 0 aromatic heterocycles. The molecule has 0 fully saturated rings. The molecule has 0 unspecified atom stereocenters. The highest BCUT2D eigenvalue weighted by molar-refractivity contribution is 8.93. The summed E-state index contributed by atoms with van der Waals surface area (Å²) in [4.78, 5) is 0. The molecule has 0 spiro atoms. The third-order valence-corrected chi connectivity index (χ3v) is 12.5. The van der Waals surface area contributed by atoms with Crippen molar-refractivity contribution in [2.45, 2.75) is 52.6 Å². The second kappa shape index (κ2) is 15.6. The van der Waals surface area contributed by atoms with Gasteiger partial charge in [0.15, 0.2) is 0 Å². The number of unbranched alkanes of at least 4 members (excludes halogenated alkanes) is 2. The summed E-state index contributed by atoms with van der Waals surface area (Å²) in [6, 6.07) is 29.9. The van der Waals surface area contributed by atoms with Crippen LogP contribution in [0.25, 0.3) is 54.9 Å². The molecule has 6 aromatic carbocycles. The first-order chi connectivity index (χ1) is 23.6. The van der Waals surface area contributed by atoms with Crippen molar-refractivity contribution in [3.63, 3.8) is 0 Å². The number of quaternary nitrogens is 1. The minimum Gasteiger partial charge on any atom is -0.316 e. The lowest BCUT2D eigenvalue weighted by atomic mass is 9.82. The summed E-state index contributed by atoms with van der Waals surface area (Å²) in [5.74, 6) is 0. The van der Waals surface area contributed by atoms with Gasteiger partial charge in [0.05, 0.1) is 43.2 Å². The maximum absolute atomic E-state index is 6.73. The molecule has 1 aliphatic heterocycles. The summed E-state index contributed by atoms with van der Waals surface area (Å²) in [5.41, 5.74) is 9.29. The Kier molecular flexibility index (Phi) is 11.7. The summed E-state index contributed by atoms with van der Waals surface area (Å²) in [7, 11) is 0. The molecule has 258 valence electrons. The van der Waals surface area contributed by atoms with Crippen LogP contribution in [0.4, 0.5) is 0 Å². The van der Waals surface area contributed by atoms with Gasteiger partial charge in [-0.05, 0) is 93.0 Å². The first-order valence-electron chi connectivity index (χ1n) is 16.9. The van der Waals surface area contributed by atoms with Crippen molar-refractivity contribution in [1.29, 1.82) is 0 Å². The predicted molar refractivity (Wildman–Crippen MR) is 225 cm³/mol.